The lowest BCUT2D eigenvalue weighted by Gasteiger charge is -2.09. The van der Waals surface area contributed by atoms with E-state index in [1.165, 1.54) is 13.3 Å². The van der Waals surface area contributed by atoms with Gasteiger partial charge in [-0.2, -0.15) is 0 Å². The Kier molecular flexibility index (Phi) is 3.61. The SMILES string of the molecule is COc1cc(N)ccc1C(=O)Nc1cnc(C)cn1. The fraction of sp³-hybridized carbons (Fsp3) is 0.154. The zero-order valence-corrected chi connectivity index (χ0v) is 10.7. The highest BCUT2D eigenvalue weighted by Gasteiger charge is 2.13. The molecule has 2 rings (SSSR count). The first-order valence-corrected chi connectivity index (χ1v) is 5.63. The normalized spacial score (nSPS) is 10.0. The third-order valence-electron chi connectivity index (χ3n) is 2.49. The standard InChI is InChI=1S/C13H14N4O2/c1-8-6-16-12(7-15-8)17-13(18)10-4-3-9(14)5-11(10)19-2/h3-7H,14H2,1-2H3,(H,16,17,18). The molecule has 0 aliphatic carbocycles. The average Bonchev–Trinajstić information content (AvgIpc) is 2.41. The van der Waals surface area contributed by atoms with Crippen LogP contribution in [0.1, 0.15) is 16.1 Å². The van der Waals surface area contributed by atoms with E-state index in [9.17, 15) is 4.79 Å². The van der Waals surface area contributed by atoms with Crippen molar-refractivity contribution in [1.29, 1.82) is 0 Å². The molecule has 0 bridgehead atoms. The number of aryl methyl sites for hydroxylation is 1. The summed E-state index contributed by atoms with van der Waals surface area (Å²) in [6.07, 6.45) is 3.08. The molecule has 0 fully saturated rings. The van der Waals surface area contributed by atoms with Gasteiger partial charge in [0.2, 0.25) is 0 Å². The van der Waals surface area contributed by atoms with Crippen LogP contribution in [0, 0.1) is 6.92 Å². The maximum absolute atomic E-state index is 12.1. The second-order valence-electron chi connectivity index (χ2n) is 3.96. The Bertz CT molecular complexity index is 596. The smallest absolute Gasteiger partial charge is 0.260 e. The van der Waals surface area contributed by atoms with Crippen molar-refractivity contribution in [3.8, 4) is 5.75 Å². The quantitative estimate of drug-likeness (QED) is 0.816. The molecule has 1 heterocycles. The number of rotatable bonds is 3. The molecule has 0 unspecified atom stereocenters. The number of carbonyl (C=O) groups is 1. The summed E-state index contributed by atoms with van der Waals surface area (Å²) in [4.78, 5) is 20.2. The number of nitrogens with zero attached hydrogens (tertiary/aromatic N) is 2. The van der Waals surface area contributed by atoms with E-state index in [0.29, 0.717) is 22.8 Å². The number of nitrogens with two attached hydrogens (primary N) is 1. The number of benzene rings is 1. The van der Waals surface area contributed by atoms with Crippen molar-refractivity contribution in [3.63, 3.8) is 0 Å². The van der Waals surface area contributed by atoms with E-state index in [0.717, 1.165) is 5.69 Å². The minimum atomic E-state index is -0.324. The first-order chi connectivity index (χ1) is 9.10. The van der Waals surface area contributed by atoms with Gasteiger partial charge in [0.25, 0.3) is 5.91 Å². The van der Waals surface area contributed by atoms with Crippen molar-refractivity contribution >= 4 is 17.4 Å². The first kappa shape index (κ1) is 12.8. The third-order valence-corrected chi connectivity index (χ3v) is 2.49. The van der Waals surface area contributed by atoms with Gasteiger partial charge in [0, 0.05) is 11.8 Å². The van der Waals surface area contributed by atoms with Crippen molar-refractivity contribution in [3.05, 3.63) is 41.9 Å². The van der Waals surface area contributed by atoms with Crippen LogP contribution in [0.4, 0.5) is 11.5 Å². The fourth-order valence-electron chi connectivity index (χ4n) is 1.54. The van der Waals surface area contributed by atoms with Gasteiger partial charge in [-0.05, 0) is 19.1 Å². The van der Waals surface area contributed by atoms with E-state index >= 15 is 0 Å². The molecule has 6 heteroatoms. The van der Waals surface area contributed by atoms with Crippen LogP contribution in [0.2, 0.25) is 0 Å². The molecule has 1 amide bonds. The molecule has 0 saturated carbocycles. The van der Waals surface area contributed by atoms with Crippen molar-refractivity contribution < 1.29 is 9.53 Å². The van der Waals surface area contributed by atoms with Crippen LogP contribution >= 0.6 is 0 Å². The van der Waals surface area contributed by atoms with Crippen molar-refractivity contribution in [2.75, 3.05) is 18.2 Å². The van der Waals surface area contributed by atoms with Gasteiger partial charge in [-0.3, -0.25) is 9.78 Å². The molecular weight excluding hydrogens is 244 g/mol. The molecule has 0 saturated heterocycles. The van der Waals surface area contributed by atoms with E-state index < -0.39 is 0 Å². The number of hydrogen-bond acceptors (Lipinski definition) is 5. The number of amides is 1. The number of ether oxygens (including phenoxy) is 1. The summed E-state index contributed by atoms with van der Waals surface area (Å²) in [7, 11) is 1.48. The minimum Gasteiger partial charge on any atom is -0.496 e. The number of hydrogen-bond donors (Lipinski definition) is 2. The molecule has 0 aliphatic rings. The molecule has 0 aliphatic heterocycles. The molecule has 1 aromatic heterocycles. The zero-order chi connectivity index (χ0) is 13.8. The van der Waals surface area contributed by atoms with E-state index in [1.807, 2.05) is 6.92 Å². The fourth-order valence-corrected chi connectivity index (χ4v) is 1.54. The summed E-state index contributed by atoms with van der Waals surface area (Å²) in [5, 5.41) is 2.65. The minimum absolute atomic E-state index is 0.324. The lowest BCUT2D eigenvalue weighted by Crippen LogP contribution is -2.14. The second-order valence-corrected chi connectivity index (χ2v) is 3.96. The maximum atomic E-state index is 12.1. The Morgan fingerprint density at radius 2 is 2.11 bits per heavy atom. The molecule has 19 heavy (non-hydrogen) atoms. The number of nitrogens with one attached hydrogen (secondary N) is 1. The number of aromatic nitrogens is 2. The van der Waals surface area contributed by atoms with Gasteiger partial charge in [-0.1, -0.05) is 0 Å². The summed E-state index contributed by atoms with van der Waals surface area (Å²) in [5.41, 5.74) is 7.34. The predicted octanol–water partition coefficient (Wildman–Crippen LogP) is 1.63. The first-order valence-electron chi connectivity index (χ1n) is 5.63. The molecule has 6 nitrogen and oxygen atoms in total. The van der Waals surface area contributed by atoms with Gasteiger partial charge < -0.3 is 15.8 Å². The van der Waals surface area contributed by atoms with Gasteiger partial charge in [0.15, 0.2) is 5.82 Å². The highest BCUT2D eigenvalue weighted by molar-refractivity contribution is 6.05. The summed E-state index contributed by atoms with van der Waals surface area (Å²) in [6, 6.07) is 4.83. The Morgan fingerprint density at radius 1 is 1.32 bits per heavy atom. The third kappa shape index (κ3) is 2.98. The Morgan fingerprint density at radius 3 is 2.74 bits per heavy atom. The Labute approximate surface area is 110 Å². The monoisotopic (exact) mass is 258 g/mol. The largest absolute Gasteiger partial charge is 0.496 e. The van der Waals surface area contributed by atoms with Crippen LogP contribution in [0.25, 0.3) is 0 Å². The summed E-state index contributed by atoms with van der Waals surface area (Å²) >= 11 is 0. The van der Waals surface area contributed by atoms with E-state index in [2.05, 4.69) is 15.3 Å². The van der Waals surface area contributed by atoms with Gasteiger partial charge in [-0.25, -0.2) is 4.98 Å². The lowest BCUT2D eigenvalue weighted by molar-refractivity contribution is 0.102. The Balaban J connectivity index is 2.22. The van der Waals surface area contributed by atoms with Crippen molar-refractivity contribution in [2.24, 2.45) is 0 Å². The van der Waals surface area contributed by atoms with Gasteiger partial charge in [-0.15, -0.1) is 0 Å². The molecule has 98 valence electrons. The maximum Gasteiger partial charge on any atom is 0.260 e. The topological polar surface area (TPSA) is 90.1 Å². The van der Waals surface area contributed by atoms with E-state index in [1.54, 1.807) is 24.4 Å². The Hall–Kier alpha value is -2.63. The molecule has 0 radical (unpaired) electrons. The number of nitrogen functional groups attached to an aromatic ring is 1. The molecule has 0 spiro atoms. The van der Waals surface area contributed by atoms with Gasteiger partial charge in [0.05, 0.1) is 30.8 Å². The predicted molar refractivity (Wildman–Crippen MR) is 72.1 cm³/mol. The molecular formula is C13H14N4O2. The summed E-state index contributed by atoms with van der Waals surface area (Å²) in [6.45, 7) is 1.82. The van der Waals surface area contributed by atoms with Crippen LogP contribution in [-0.4, -0.2) is 23.0 Å². The van der Waals surface area contributed by atoms with Crippen LogP contribution in [0.15, 0.2) is 30.6 Å². The van der Waals surface area contributed by atoms with Crippen LogP contribution in [0.5, 0.6) is 5.75 Å². The van der Waals surface area contributed by atoms with Gasteiger partial charge in [0.1, 0.15) is 5.75 Å². The second kappa shape index (κ2) is 5.34. The lowest BCUT2D eigenvalue weighted by atomic mass is 10.1. The van der Waals surface area contributed by atoms with Crippen LogP contribution in [-0.2, 0) is 0 Å². The van der Waals surface area contributed by atoms with Gasteiger partial charge >= 0.3 is 0 Å². The van der Waals surface area contributed by atoms with Crippen LogP contribution < -0.4 is 15.8 Å². The molecule has 3 N–H and O–H groups in total. The van der Waals surface area contributed by atoms with Crippen LogP contribution in [0.3, 0.4) is 0 Å². The average molecular weight is 258 g/mol. The number of methoxy groups -OCH3 is 1. The summed E-state index contributed by atoms with van der Waals surface area (Å²) in [5.74, 6) is 0.474. The van der Waals surface area contributed by atoms with Crippen molar-refractivity contribution in [2.45, 2.75) is 6.92 Å². The van der Waals surface area contributed by atoms with E-state index in [4.69, 9.17) is 10.5 Å². The molecule has 2 aromatic rings. The number of anilines is 2. The van der Waals surface area contributed by atoms with Crippen molar-refractivity contribution in [1.82, 2.24) is 9.97 Å². The zero-order valence-electron chi connectivity index (χ0n) is 10.7. The summed E-state index contributed by atoms with van der Waals surface area (Å²) < 4.78 is 5.13. The highest BCUT2D eigenvalue weighted by Crippen LogP contribution is 2.22. The molecule has 0 atom stereocenters. The number of carbonyl (C=O) groups excluding carboxylic acids is 1. The van der Waals surface area contributed by atoms with E-state index in [-0.39, 0.29) is 5.91 Å². The highest BCUT2D eigenvalue weighted by atomic mass is 16.5. The molecule has 1 aromatic carbocycles.